The van der Waals surface area contributed by atoms with Crippen molar-refractivity contribution >= 4 is 22.4 Å². The zero-order valence-corrected chi connectivity index (χ0v) is 10.5. The summed E-state index contributed by atoms with van der Waals surface area (Å²) in [5.74, 6) is 0. The van der Waals surface area contributed by atoms with E-state index in [4.69, 9.17) is 11.6 Å². The number of halogens is 1. The van der Waals surface area contributed by atoms with Gasteiger partial charge in [0.2, 0.25) is 0 Å². The lowest BCUT2D eigenvalue weighted by Crippen LogP contribution is -2.23. The molecule has 1 heterocycles. The van der Waals surface area contributed by atoms with Crippen molar-refractivity contribution in [1.82, 2.24) is 9.97 Å². The van der Waals surface area contributed by atoms with Crippen molar-refractivity contribution in [2.45, 2.75) is 0 Å². The van der Waals surface area contributed by atoms with Gasteiger partial charge >= 0.3 is 5.69 Å². The van der Waals surface area contributed by atoms with Crippen LogP contribution in [0.15, 0.2) is 52.1 Å². The predicted molar refractivity (Wildman–Crippen MR) is 75.6 cm³/mol. The van der Waals surface area contributed by atoms with Crippen LogP contribution in [0.25, 0.3) is 21.9 Å². The van der Waals surface area contributed by atoms with E-state index in [1.165, 1.54) is 0 Å². The highest BCUT2D eigenvalue weighted by atomic mass is 35.5. The van der Waals surface area contributed by atoms with Gasteiger partial charge in [-0.2, -0.15) is 0 Å². The van der Waals surface area contributed by atoms with Crippen molar-refractivity contribution in [3.8, 4) is 11.1 Å². The molecule has 1 aromatic heterocycles. The first-order chi connectivity index (χ1) is 9.16. The van der Waals surface area contributed by atoms with Crippen LogP contribution in [0.4, 0.5) is 0 Å². The van der Waals surface area contributed by atoms with Crippen LogP contribution >= 0.6 is 11.6 Å². The van der Waals surface area contributed by atoms with Crippen molar-refractivity contribution in [3.63, 3.8) is 0 Å². The minimum atomic E-state index is -0.612. The molecule has 0 bridgehead atoms. The summed E-state index contributed by atoms with van der Waals surface area (Å²) in [5, 5.41) is 1.95. The molecule has 0 spiro atoms. The zero-order chi connectivity index (χ0) is 13.4. The van der Waals surface area contributed by atoms with E-state index in [0.29, 0.717) is 5.56 Å². The van der Waals surface area contributed by atoms with E-state index in [1.54, 1.807) is 6.07 Å². The van der Waals surface area contributed by atoms with E-state index in [1.807, 2.05) is 36.4 Å². The monoisotopic (exact) mass is 272 g/mol. The molecule has 0 aliphatic carbocycles. The lowest BCUT2D eigenvalue weighted by molar-refractivity contribution is 1.04. The lowest BCUT2D eigenvalue weighted by atomic mass is 10.0. The van der Waals surface area contributed by atoms with Crippen molar-refractivity contribution in [2.24, 2.45) is 0 Å². The van der Waals surface area contributed by atoms with E-state index in [9.17, 15) is 9.59 Å². The van der Waals surface area contributed by atoms with Crippen molar-refractivity contribution in [1.29, 1.82) is 0 Å². The highest BCUT2D eigenvalue weighted by molar-refractivity contribution is 6.32. The van der Waals surface area contributed by atoms with Gasteiger partial charge in [0.25, 0.3) is 5.56 Å². The first kappa shape index (κ1) is 11.7. The first-order valence-corrected chi connectivity index (χ1v) is 6.05. The van der Waals surface area contributed by atoms with Crippen LogP contribution in [0.5, 0.6) is 0 Å². The van der Waals surface area contributed by atoms with Gasteiger partial charge in [-0.3, -0.25) is 14.8 Å². The molecule has 0 aliphatic rings. The molecule has 3 rings (SSSR count). The molecule has 3 aromatic rings. The van der Waals surface area contributed by atoms with E-state index in [0.717, 1.165) is 10.8 Å². The van der Waals surface area contributed by atoms with Crippen LogP contribution in [0.2, 0.25) is 5.15 Å². The van der Waals surface area contributed by atoms with Crippen LogP contribution in [-0.4, -0.2) is 9.97 Å². The van der Waals surface area contributed by atoms with Crippen molar-refractivity contribution in [3.05, 3.63) is 68.5 Å². The second kappa shape index (κ2) is 4.40. The molecule has 2 N–H and O–H groups in total. The molecule has 0 radical (unpaired) electrons. The summed E-state index contributed by atoms with van der Waals surface area (Å²) in [5.41, 5.74) is -0.136. The number of hydrogen-bond donors (Lipinski definition) is 2. The summed E-state index contributed by atoms with van der Waals surface area (Å²) < 4.78 is 0. The summed E-state index contributed by atoms with van der Waals surface area (Å²) in [6, 6.07) is 13.3. The minimum Gasteiger partial charge on any atom is -0.297 e. The Hall–Kier alpha value is -2.33. The van der Waals surface area contributed by atoms with Gasteiger partial charge in [-0.15, -0.1) is 0 Å². The second-order valence-corrected chi connectivity index (χ2v) is 4.50. The molecular weight excluding hydrogens is 264 g/mol. The smallest absolute Gasteiger partial charge is 0.297 e. The van der Waals surface area contributed by atoms with Gasteiger partial charge in [-0.25, -0.2) is 4.79 Å². The summed E-state index contributed by atoms with van der Waals surface area (Å²) in [6.45, 7) is 0. The molecule has 0 aliphatic heterocycles. The standard InChI is InChI=1S/C14H9ClN2O2/c15-12-11(13(18)17-14(19)16-12)10-7-3-5-8-4-1-2-6-9(8)10/h1-7H,(H2,16,17,18,19). The van der Waals surface area contributed by atoms with E-state index in [2.05, 4.69) is 9.97 Å². The normalized spacial score (nSPS) is 10.8. The highest BCUT2D eigenvalue weighted by Gasteiger charge is 2.12. The summed E-state index contributed by atoms with van der Waals surface area (Å²) >= 11 is 5.99. The fraction of sp³-hybridized carbons (Fsp3) is 0. The molecule has 5 heteroatoms. The molecule has 0 atom stereocenters. The van der Waals surface area contributed by atoms with Gasteiger partial charge in [0.05, 0.1) is 5.56 Å². The maximum atomic E-state index is 11.9. The van der Waals surface area contributed by atoms with Crippen molar-refractivity contribution in [2.75, 3.05) is 0 Å². The highest BCUT2D eigenvalue weighted by Crippen LogP contribution is 2.29. The SMILES string of the molecule is O=c1[nH]c(Cl)c(-c2cccc3ccccc23)c(=O)[nH]1. The van der Waals surface area contributed by atoms with E-state index >= 15 is 0 Å². The Balaban J connectivity index is 2.44. The van der Waals surface area contributed by atoms with Gasteiger partial charge in [-0.1, -0.05) is 54.1 Å². The zero-order valence-electron chi connectivity index (χ0n) is 9.74. The van der Waals surface area contributed by atoms with Gasteiger partial charge in [0.1, 0.15) is 5.15 Å². The fourth-order valence-corrected chi connectivity index (χ4v) is 2.42. The van der Waals surface area contributed by atoms with Crippen LogP contribution < -0.4 is 11.2 Å². The Morgan fingerprint density at radius 3 is 2.42 bits per heavy atom. The number of nitrogens with one attached hydrogen (secondary N) is 2. The Kier molecular flexibility index (Phi) is 2.72. The van der Waals surface area contributed by atoms with Gasteiger partial charge in [0.15, 0.2) is 0 Å². The molecule has 0 fully saturated rings. The number of hydrogen-bond acceptors (Lipinski definition) is 2. The third-order valence-electron chi connectivity index (χ3n) is 2.96. The Morgan fingerprint density at radius 2 is 1.63 bits per heavy atom. The largest absolute Gasteiger partial charge is 0.326 e. The molecule has 94 valence electrons. The minimum absolute atomic E-state index is 0.0464. The van der Waals surface area contributed by atoms with Gasteiger partial charge < -0.3 is 0 Å². The molecule has 0 saturated carbocycles. The second-order valence-electron chi connectivity index (χ2n) is 4.12. The molecule has 4 nitrogen and oxygen atoms in total. The summed E-state index contributed by atoms with van der Waals surface area (Å²) in [4.78, 5) is 27.7. The Bertz CT molecular complexity index is 875. The molecular formula is C14H9ClN2O2. The third-order valence-corrected chi connectivity index (χ3v) is 3.24. The maximum Gasteiger partial charge on any atom is 0.326 e. The summed E-state index contributed by atoms with van der Waals surface area (Å²) in [6.07, 6.45) is 0. The van der Waals surface area contributed by atoms with Crippen molar-refractivity contribution < 1.29 is 0 Å². The predicted octanol–water partition coefficient (Wildman–Crippen LogP) is 2.54. The maximum absolute atomic E-state index is 11.9. The van der Waals surface area contributed by atoms with E-state index in [-0.39, 0.29) is 10.7 Å². The Labute approximate surface area is 112 Å². The summed E-state index contributed by atoms with van der Waals surface area (Å²) in [7, 11) is 0. The number of benzene rings is 2. The van der Waals surface area contributed by atoms with Crippen LogP contribution in [0.3, 0.4) is 0 Å². The average Bonchev–Trinajstić information content (AvgIpc) is 2.38. The quantitative estimate of drug-likeness (QED) is 0.669. The first-order valence-electron chi connectivity index (χ1n) is 5.67. The fourth-order valence-electron chi connectivity index (χ4n) is 2.14. The molecule has 2 aromatic carbocycles. The van der Waals surface area contributed by atoms with Gasteiger partial charge in [0, 0.05) is 0 Å². The molecule has 0 saturated heterocycles. The number of aromatic nitrogens is 2. The number of rotatable bonds is 1. The van der Waals surface area contributed by atoms with Crippen LogP contribution in [0.1, 0.15) is 0 Å². The Morgan fingerprint density at radius 1 is 0.895 bits per heavy atom. The number of fused-ring (bicyclic) bond motifs is 1. The lowest BCUT2D eigenvalue weighted by Gasteiger charge is -2.07. The number of aromatic amines is 2. The van der Waals surface area contributed by atoms with Gasteiger partial charge in [-0.05, 0) is 16.3 Å². The molecule has 19 heavy (non-hydrogen) atoms. The third kappa shape index (κ3) is 1.96. The molecule has 0 unspecified atom stereocenters. The molecule has 0 amide bonds. The van der Waals surface area contributed by atoms with Crippen LogP contribution in [0, 0.1) is 0 Å². The van der Waals surface area contributed by atoms with Crippen LogP contribution in [-0.2, 0) is 0 Å². The average molecular weight is 273 g/mol. The topological polar surface area (TPSA) is 65.7 Å². The number of H-pyrrole nitrogens is 2. The van der Waals surface area contributed by atoms with E-state index < -0.39 is 11.2 Å².